The van der Waals surface area contributed by atoms with Crippen LogP contribution in [0.5, 0.6) is 11.5 Å². The Labute approximate surface area is 326 Å². The van der Waals surface area contributed by atoms with Crippen molar-refractivity contribution in [3.63, 3.8) is 0 Å². The number of para-hydroxylation sites is 1. The first-order valence-corrected chi connectivity index (χ1v) is 20.8. The number of hydrogen-bond acceptors (Lipinski definition) is 3. The van der Waals surface area contributed by atoms with E-state index in [1.807, 2.05) is 12.3 Å². The van der Waals surface area contributed by atoms with Crippen LogP contribution in [0.25, 0.3) is 44.4 Å². The van der Waals surface area contributed by atoms with Crippen LogP contribution in [-0.2, 0) is 0 Å². The third-order valence-corrected chi connectivity index (χ3v) is 12.6. The highest BCUT2D eigenvalue weighted by molar-refractivity contribution is 6.09. The average molecular weight is 727 g/mol. The molecule has 0 amide bonds. The van der Waals surface area contributed by atoms with E-state index < -0.39 is 0 Å². The van der Waals surface area contributed by atoms with Gasteiger partial charge in [0.15, 0.2) is 0 Å². The quantitative estimate of drug-likeness (QED) is 0.157. The average Bonchev–Trinajstić information content (AvgIpc) is 3.70. The first-order valence-electron chi connectivity index (χ1n) is 20.8. The molecule has 3 heterocycles. The number of aromatic nitrogens is 4. The zero-order valence-corrected chi connectivity index (χ0v) is 33.2. The predicted octanol–water partition coefficient (Wildman–Crippen LogP) is 14.0. The van der Waals surface area contributed by atoms with Crippen molar-refractivity contribution in [3.8, 4) is 34.1 Å². The molecule has 5 heteroatoms. The number of nitrogens with zero attached hydrogens (tertiary/aromatic N) is 4. The van der Waals surface area contributed by atoms with E-state index in [0.717, 1.165) is 39.7 Å². The predicted molar refractivity (Wildman–Crippen MR) is 228 cm³/mol. The van der Waals surface area contributed by atoms with Crippen LogP contribution in [-0.4, -0.2) is 19.3 Å². The van der Waals surface area contributed by atoms with E-state index in [-0.39, 0.29) is 0 Å². The fourth-order valence-corrected chi connectivity index (χ4v) is 9.80. The monoisotopic (exact) mass is 726 g/mol. The maximum atomic E-state index is 6.83. The highest BCUT2D eigenvalue weighted by Crippen LogP contribution is 2.47. The molecule has 2 aliphatic carbocycles. The molecule has 4 aromatic carbocycles. The van der Waals surface area contributed by atoms with Gasteiger partial charge in [-0.3, -0.25) is 4.57 Å². The molecule has 2 fully saturated rings. The Morgan fingerprint density at radius 1 is 0.636 bits per heavy atom. The molecule has 5 nitrogen and oxygen atoms in total. The Kier molecular flexibility index (Phi) is 9.58. The van der Waals surface area contributed by atoms with Gasteiger partial charge in [-0.2, -0.15) is 5.10 Å². The first-order chi connectivity index (χ1) is 26.8. The number of benzene rings is 4. The van der Waals surface area contributed by atoms with Crippen LogP contribution in [0.1, 0.15) is 129 Å². The van der Waals surface area contributed by atoms with Crippen molar-refractivity contribution in [2.24, 2.45) is 0 Å². The number of aryl methyl sites for hydroxylation is 2. The molecule has 0 bridgehead atoms. The van der Waals surface area contributed by atoms with Gasteiger partial charge in [-0.1, -0.05) is 88.8 Å². The van der Waals surface area contributed by atoms with Gasteiger partial charge in [-0.25, -0.2) is 9.67 Å². The minimum Gasteiger partial charge on any atom is -0.457 e. The third kappa shape index (κ3) is 6.66. The molecule has 0 atom stereocenters. The van der Waals surface area contributed by atoms with E-state index in [1.165, 1.54) is 103 Å². The summed E-state index contributed by atoms with van der Waals surface area (Å²) in [5.74, 6) is 4.08. The van der Waals surface area contributed by atoms with Gasteiger partial charge in [0.05, 0.1) is 22.4 Å². The highest BCUT2D eigenvalue weighted by atomic mass is 16.5. The number of ether oxygens (including phenoxy) is 1. The van der Waals surface area contributed by atoms with Crippen LogP contribution in [0, 0.1) is 20.8 Å². The van der Waals surface area contributed by atoms with Crippen molar-refractivity contribution in [1.82, 2.24) is 19.3 Å². The van der Waals surface area contributed by atoms with E-state index in [0.29, 0.717) is 17.8 Å². The molecule has 0 radical (unpaired) electrons. The maximum Gasteiger partial charge on any atom is 0.137 e. The number of pyridine rings is 1. The number of fused-ring (bicyclic) bond motifs is 3. The topological polar surface area (TPSA) is 44.9 Å². The van der Waals surface area contributed by atoms with Gasteiger partial charge in [0.2, 0.25) is 0 Å². The molecule has 55 heavy (non-hydrogen) atoms. The van der Waals surface area contributed by atoms with Crippen molar-refractivity contribution in [1.29, 1.82) is 0 Å². The summed E-state index contributed by atoms with van der Waals surface area (Å²) in [6.45, 7) is 11.1. The van der Waals surface area contributed by atoms with Crippen LogP contribution in [0.2, 0.25) is 0 Å². The van der Waals surface area contributed by atoms with Crippen LogP contribution in [0.3, 0.4) is 0 Å². The van der Waals surface area contributed by atoms with Gasteiger partial charge in [0, 0.05) is 40.4 Å². The molecule has 0 unspecified atom stereocenters. The largest absolute Gasteiger partial charge is 0.457 e. The Balaban J connectivity index is 1.14. The molecule has 3 aromatic heterocycles. The third-order valence-electron chi connectivity index (χ3n) is 12.6. The van der Waals surface area contributed by atoms with E-state index in [9.17, 15) is 0 Å². The summed E-state index contributed by atoms with van der Waals surface area (Å²) < 4.78 is 11.3. The fraction of sp³-hybridized carbons (Fsp3) is 0.360. The van der Waals surface area contributed by atoms with Crippen molar-refractivity contribution in [2.75, 3.05) is 0 Å². The normalized spacial score (nSPS) is 15.7. The summed E-state index contributed by atoms with van der Waals surface area (Å²) in [5.41, 5.74) is 13.9. The lowest BCUT2D eigenvalue weighted by molar-refractivity contribution is 0.436. The van der Waals surface area contributed by atoms with Crippen LogP contribution < -0.4 is 4.74 Å². The van der Waals surface area contributed by atoms with Crippen LogP contribution in [0.4, 0.5) is 0 Å². The molecule has 2 saturated carbocycles. The lowest BCUT2D eigenvalue weighted by atomic mass is 9.75. The van der Waals surface area contributed by atoms with E-state index in [1.54, 1.807) is 11.1 Å². The van der Waals surface area contributed by atoms with E-state index >= 15 is 0 Å². The van der Waals surface area contributed by atoms with Crippen LogP contribution in [0.15, 0.2) is 97.2 Å². The molecule has 280 valence electrons. The summed E-state index contributed by atoms with van der Waals surface area (Å²) in [4.78, 5) is 4.79. The van der Waals surface area contributed by atoms with Crippen molar-refractivity contribution < 1.29 is 4.74 Å². The Morgan fingerprint density at radius 2 is 1.33 bits per heavy atom. The summed E-state index contributed by atoms with van der Waals surface area (Å²) in [6, 6.07) is 33.1. The zero-order valence-electron chi connectivity index (χ0n) is 33.2. The minimum absolute atomic E-state index is 0.320. The number of rotatable bonds is 8. The summed E-state index contributed by atoms with van der Waals surface area (Å²) >= 11 is 0. The van der Waals surface area contributed by atoms with Gasteiger partial charge < -0.3 is 4.74 Å². The Morgan fingerprint density at radius 3 is 2.02 bits per heavy atom. The molecule has 0 N–H and O–H groups in total. The fourth-order valence-electron chi connectivity index (χ4n) is 9.80. The zero-order chi connectivity index (χ0) is 37.6. The van der Waals surface area contributed by atoms with E-state index in [2.05, 4.69) is 129 Å². The summed E-state index contributed by atoms with van der Waals surface area (Å²) in [5, 5.41) is 7.73. The van der Waals surface area contributed by atoms with Gasteiger partial charge in [-0.15, -0.1) is 0 Å². The molecule has 9 rings (SSSR count). The molecule has 0 aliphatic heterocycles. The maximum absolute atomic E-state index is 6.83. The molecule has 0 saturated heterocycles. The second kappa shape index (κ2) is 14.8. The smallest absolute Gasteiger partial charge is 0.137 e. The van der Waals surface area contributed by atoms with Crippen molar-refractivity contribution >= 4 is 21.8 Å². The second-order valence-electron chi connectivity index (χ2n) is 16.7. The molecule has 2 aliphatic rings. The lowest BCUT2D eigenvalue weighted by Crippen LogP contribution is -2.11. The van der Waals surface area contributed by atoms with Gasteiger partial charge in [0.1, 0.15) is 17.3 Å². The lowest BCUT2D eigenvalue weighted by Gasteiger charge is -2.30. The molecule has 7 aromatic rings. The van der Waals surface area contributed by atoms with Gasteiger partial charge >= 0.3 is 0 Å². The molecule has 0 spiro atoms. The SMILES string of the molecule is Cc1ccnc(-n2c3ccccc3c3ccc(Oc4cc(C(C)C)cc(-n5nc(C)c(-c6c(C7CCCCC7)cccc6C6CCCCC6)c5C)c4)cc32)c1. The molecular weight excluding hydrogens is 673 g/mol. The number of hydrogen-bond donors (Lipinski definition) is 0. The van der Waals surface area contributed by atoms with Crippen molar-refractivity contribution in [3.05, 3.63) is 131 Å². The Bertz CT molecular complexity index is 2470. The second-order valence-corrected chi connectivity index (χ2v) is 16.7. The Hall–Kier alpha value is -5.16. The molecular formula is C50H54N4O. The van der Waals surface area contributed by atoms with Crippen LogP contribution >= 0.6 is 0 Å². The summed E-state index contributed by atoms with van der Waals surface area (Å²) in [7, 11) is 0. The first kappa shape index (κ1) is 35.5. The standard InChI is InChI=1S/C50H54N4O/c1-32(2)38-28-39(30-41(29-38)55-40-23-24-45-44-19-12-13-22-46(44)53(47(45)31-40)48-27-33(3)25-26-51-48)54-35(5)49(34(4)52-54)50-42(36-15-8-6-9-16-36)20-14-21-43(50)37-17-10-7-11-18-37/h12-14,19-32,36-37H,6-11,15-18H2,1-5H3. The van der Waals surface area contributed by atoms with E-state index in [4.69, 9.17) is 14.8 Å². The van der Waals surface area contributed by atoms with Gasteiger partial charge in [0.25, 0.3) is 0 Å². The minimum atomic E-state index is 0.320. The van der Waals surface area contributed by atoms with Crippen molar-refractivity contribution in [2.45, 2.75) is 117 Å². The highest BCUT2D eigenvalue weighted by Gasteiger charge is 2.29. The van der Waals surface area contributed by atoms with Gasteiger partial charge in [-0.05, 0) is 134 Å². The summed E-state index contributed by atoms with van der Waals surface area (Å²) in [6.07, 6.45) is 15.1.